The van der Waals surface area contributed by atoms with E-state index in [-0.39, 0.29) is 5.92 Å². The van der Waals surface area contributed by atoms with Crippen molar-refractivity contribution in [3.63, 3.8) is 0 Å². The number of halogens is 2. The third kappa shape index (κ3) is 3.20. The number of hydrogen-bond donors (Lipinski definition) is 2. The second-order valence-corrected chi connectivity index (χ2v) is 5.58. The molecule has 0 radical (unpaired) electrons. The Balaban J connectivity index is 2.99. The van der Waals surface area contributed by atoms with Crippen LogP contribution in [0.5, 0.6) is 0 Å². The van der Waals surface area contributed by atoms with E-state index in [0.717, 1.165) is 10.0 Å². The molecule has 0 bridgehead atoms. The molecule has 0 saturated heterocycles. The average Bonchev–Trinajstić information content (AvgIpc) is 2.17. The zero-order valence-electron chi connectivity index (χ0n) is 9.45. The maximum absolute atomic E-state index is 10.2. The van der Waals surface area contributed by atoms with Gasteiger partial charge >= 0.3 is 0 Å². The van der Waals surface area contributed by atoms with Gasteiger partial charge in [0.2, 0.25) is 0 Å². The van der Waals surface area contributed by atoms with Crippen molar-refractivity contribution in [3.05, 3.63) is 33.3 Å². The number of benzene rings is 1. The van der Waals surface area contributed by atoms with Crippen LogP contribution in [0.2, 0.25) is 5.02 Å². The Labute approximate surface area is 110 Å². The highest BCUT2D eigenvalue weighted by Crippen LogP contribution is 2.33. The van der Waals surface area contributed by atoms with Gasteiger partial charge in [-0.2, -0.15) is 0 Å². The van der Waals surface area contributed by atoms with Gasteiger partial charge in [-0.15, -0.1) is 0 Å². The Morgan fingerprint density at radius 1 is 1.44 bits per heavy atom. The molecule has 0 aliphatic rings. The monoisotopic (exact) mass is 305 g/mol. The molecule has 0 aliphatic heterocycles. The van der Waals surface area contributed by atoms with Crippen LogP contribution in [0.4, 0.5) is 0 Å². The van der Waals surface area contributed by atoms with Crippen LogP contribution < -0.4 is 5.73 Å². The van der Waals surface area contributed by atoms with Crippen molar-refractivity contribution < 1.29 is 5.11 Å². The Morgan fingerprint density at radius 3 is 2.50 bits per heavy atom. The molecule has 1 aromatic carbocycles. The first-order valence-electron chi connectivity index (χ1n) is 5.30. The van der Waals surface area contributed by atoms with Gasteiger partial charge in [-0.1, -0.05) is 47.4 Å². The first kappa shape index (κ1) is 14.0. The normalized spacial score (nSPS) is 15.2. The molecular weight excluding hydrogens is 289 g/mol. The molecule has 0 amide bonds. The zero-order chi connectivity index (χ0) is 12.3. The summed E-state index contributed by atoms with van der Waals surface area (Å²) in [6, 6.07) is 5.49. The van der Waals surface area contributed by atoms with Gasteiger partial charge in [0, 0.05) is 15.4 Å². The van der Waals surface area contributed by atoms with Gasteiger partial charge in [0.1, 0.15) is 0 Å². The summed E-state index contributed by atoms with van der Waals surface area (Å²) in [6.45, 7) is 4.55. The minimum absolute atomic E-state index is 0.0266. The third-order valence-corrected chi connectivity index (χ3v) is 3.64. The molecule has 2 unspecified atom stereocenters. The van der Waals surface area contributed by atoms with Crippen LogP contribution in [0.15, 0.2) is 22.7 Å². The first-order chi connectivity index (χ1) is 7.47. The number of aliphatic hydroxyl groups is 1. The predicted molar refractivity (Wildman–Crippen MR) is 71.5 cm³/mol. The van der Waals surface area contributed by atoms with Gasteiger partial charge in [-0.05, 0) is 30.2 Å². The van der Waals surface area contributed by atoms with Gasteiger partial charge in [0.15, 0.2) is 0 Å². The Morgan fingerprint density at radius 2 is 2.06 bits per heavy atom. The summed E-state index contributed by atoms with van der Waals surface area (Å²) >= 11 is 9.44. The van der Waals surface area contributed by atoms with Gasteiger partial charge in [0.05, 0.1) is 6.10 Å². The summed E-state index contributed by atoms with van der Waals surface area (Å²) in [5.74, 6) is 0.346. The van der Waals surface area contributed by atoms with Crippen LogP contribution in [0.3, 0.4) is 0 Å². The number of rotatable bonds is 4. The Hall–Kier alpha value is -0.0900. The number of hydrogen-bond acceptors (Lipinski definition) is 2. The van der Waals surface area contributed by atoms with Crippen LogP contribution >= 0.6 is 27.5 Å². The molecule has 2 atom stereocenters. The van der Waals surface area contributed by atoms with Gasteiger partial charge in [-0.25, -0.2) is 0 Å². The van der Waals surface area contributed by atoms with E-state index in [9.17, 15) is 5.11 Å². The molecule has 0 spiro atoms. The van der Waals surface area contributed by atoms with Crippen molar-refractivity contribution in [3.8, 4) is 0 Å². The largest absolute Gasteiger partial charge is 0.388 e. The molecule has 0 aliphatic carbocycles. The van der Waals surface area contributed by atoms with E-state index in [0.29, 0.717) is 17.5 Å². The van der Waals surface area contributed by atoms with E-state index >= 15 is 0 Å². The quantitative estimate of drug-likeness (QED) is 0.896. The summed E-state index contributed by atoms with van der Waals surface area (Å²) < 4.78 is 0.905. The van der Waals surface area contributed by atoms with Crippen molar-refractivity contribution >= 4 is 27.5 Å². The molecule has 3 N–H and O–H groups in total. The van der Waals surface area contributed by atoms with Crippen molar-refractivity contribution in [1.29, 1.82) is 0 Å². The topological polar surface area (TPSA) is 46.2 Å². The zero-order valence-corrected chi connectivity index (χ0v) is 11.8. The van der Waals surface area contributed by atoms with Crippen LogP contribution in [-0.2, 0) is 0 Å². The van der Waals surface area contributed by atoms with E-state index in [1.165, 1.54) is 0 Å². The molecule has 16 heavy (non-hydrogen) atoms. The smallest absolute Gasteiger partial charge is 0.0847 e. The Bertz CT molecular complexity index is 357. The van der Waals surface area contributed by atoms with Gasteiger partial charge in [0.25, 0.3) is 0 Å². The molecule has 4 heteroatoms. The fraction of sp³-hybridized carbons (Fsp3) is 0.500. The third-order valence-electron chi connectivity index (χ3n) is 2.82. The number of nitrogens with two attached hydrogens (primary N) is 1. The van der Waals surface area contributed by atoms with Gasteiger partial charge in [-0.3, -0.25) is 0 Å². The summed E-state index contributed by atoms with van der Waals surface area (Å²) in [4.78, 5) is 0. The Kier molecular flexibility index (Phi) is 5.25. The predicted octanol–water partition coefficient (Wildman–Crippen LogP) is 3.37. The molecule has 1 aromatic rings. The molecule has 1 rings (SSSR count). The van der Waals surface area contributed by atoms with E-state index < -0.39 is 6.10 Å². The fourth-order valence-corrected chi connectivity index (χ4v) is 2.52. The van der Waals surface area contributed by atoms with E-state index in [1.807, 2.05) is 26.0 Å². The van der Waals surface area contributed by atoms with E-state index in [4.69, 9.17) is 17.3 Å². The minimum Gasteiger partial charge on any atom is -0.388 e. The van der Waals surface area contributed by atoms with Crippen LogP contribution in [-0.4, -0.2) is 11.7 Å². The highest BCUT2D eigenvalue weighted by atomic mass is 79.9. The molecule has 0 saturated carbocycles. The van der Waals surface area contributed by atoms with Crippen molar-refractivity contribution in [2.24, 2.45) is 17.6 Å². The number of aliphatic hydroxyl groups excluding tert-OH is 1. The standard InChI is InChI=1S/C12H17BrClNO/c1-7(2)10(6-15)12(16)9-4-3-8(13)5-11(9)14/h3-5,7,10,12,16H,6,15H2,1-2H3. The average molecular weight is 307 g/mol. The van der Waals surface area contributed by atoms with Crippen LogP contribution in [0.25, 0.3) is 0 Å². The van der Waals surface area contributed by atoms with Crippen molar-refractivity contribution in [1.82, 2.24) is 0 Å². The first-order valence-corrected chi connectivity index (χ1v) is 6.47. The van der Waals surface area contributed by atoms with E-state index in [2.05, 4.69) is 15.9 Å². The molecule has 0 fully saturated rings. The lowest BCUT2D eigenvalue weighted by Crippen LogP contribution is -2.26. The maximum Gasteiger partial charge on any atom is 0.0847 e. The summed E-state index contributed by atoms with van der Waals surface area (Å²) in [5, 5.41) is 10.8. The maximum atomic E-state index is 10.2. The molecule has 0 aromatic heterocycles. The van der Waals surface area contributed by atoms with Crippen LogP contribution in [0, 0.1) is 11.8 Å². The van der Waals surface area contributed by atoms with E-state index in [1.54, 1.807) is 6.07 Å². The SMILES string of the molecule is CC(C)C(CN)C(O)c1ccc(Br)cc1Cl. The highest BCUT2D eigenvalue weighted by Gasteiger charge is 2.24. The molecule has 90 valence electrons. The second-order valence-electron chi connectivity index (χ2n) is 4.25. The van der Waals surface area contributed by atoms with Crippen molar-refractivity contribution in [2.45, 2.75) is 20.0 Å². The van der Waals surface area contributed by atoms with Crippen molar-refractivity contribution in [2.75, 3.05) is 6.54 Å². The lowest BCUT2D eigenvalue weighted by molar-refractivity contribution is 0.0862. The van der Waals surface area contributed by atoms with Gasteiger partial charge < -0.3 is 10.8 Å². The minimum atomic E-state index is -0.606. The van der Waals surface area contributed by atoms with Crippen LogP contribution in [0.1, 0.15) is 25.5 Å². The molecular formula is C12H17BrClNO. The lowest BCUT2D eigenvalue weighted by Gasteiger charge is -2.25. The second kappa shape index (κ2) is 6.01. The highest BCUT2D eigenvalue weighted by molar-refractivity contribution is 9.10. The fourth-order valence-electron chi connectivity index (χ4n) is 1.74. The molecule has 2 nitrogen and oxygen atoms in total. The molecule has 0 heterocycles. The summed E-state index contributed by atoms with van der Waals surface area (Å²) in [7, 11) is 0. The summed E-state index contributed by atoms with van der Waals surface area (Å²) in [6.07, 6.45) is -0.606. The summed E-state index contributed by atoms with van der Waals surface area (Å²) in [5.41, 5.74) is 6.42. The lowest BCUT2D eigenvalue weighted by atomic mass is 9.86.